The molecule has 0 rings (SSSR count). The van der Waals surface area contributed by atoms with Crippen molar-refractivity contribution < 1.29 is 19.5 Å². The Bertz CT molecular complexity index is 339. The average molecular weight is 366 g/mol. The van der Waals surface area contributed by atoms with Gasteiger partial charge in [-0.1, -0.05) is 41.5 Å². The predicted octanol–water partition coefficient (Wildman–Crippen LogP) is 1.46. The number of amides is 2. The summed E-state index contributed by atoms with van der Waals surface area (Å²) in [5.41, 5.74) is 5.09. The van der Waals surface area contributed by atoms with E-state index in [0.717, 1.165) is 5.75 Å². The number of carboxylic acid groups (broad SMARTS) is 1. The summed E-state index contributed by atoms with van der Waals surface area (Å²) in [4.78, 5) is 33.5. The van der Waals surface area contributed by atoms with E-state index in [2.05, 4.69) is 24.5 Å². The number of aliphatic carboxylic acids is 1. The van der Waals surface area contributed by atoms with Crippen LogP contribution in [0.5, 0.6) is 0 Å². The Morgan fingerprint density at radius 1 is 1.08 bits per heavy atom. The average Bonchev–Trinajstić information content (AvgIpc) is 2.58. The van der Waals surface area contributed by atoms with Gasteiger partial charge in [0.2, 0.25) is 11.8 Å². The van der Waals surface area contributed by atoms with Crippen LogP contribution in [0.2, 0.25) is 0 Å². The van der Waals surface area contributed by atoms with E-state index >= 15 is 0 Å². The van der Waals surface area contributed by atoms with Gasteiger partial charge in [0.1, 0.15) is 6.04 Å². The van der Waals surface area contributed by atoms with E-state index in [-0.39, 0.29) is 25.4 Å². The highest BCUT2D eigenvalue weighted by Crippen LogP contribution is 2.08. The summed E-state index contributed by atoms with van der Waals surface area (Å²) in [5.74, 6) is 0.175. The molecule has 0 aliphatic rings. The molecule has 5 N–H and O–H groups in total. The van der Waals surface area contributed by atoms with Gasteiger partial charge in [0.05, 0.1) is 6.54 Å². The molecule has 0 aromatic carbocycles. The van der Waals surface area contributed by atoms with E-state index in [9.17, 15) is 14.4 Å². The van der Waals surface area contributed by atoms with E-state index in [1.54, 1.807) is 11.8 Å². The van der Waals surface area contributed by atoms with Crippen molar-refractivity contribution in [2.45, 2.75) is 54.0 Å². The number of hydrogen-bond acceptors (Lipinski definition) is 5. The molecule has 0 spiro atoms. The number of carboxylic acids is 1. The maximum absolute atomic E-state index is 11.6. The van der Waals surface area contributed by atoms with Gasteiger partial charge in [-0.3, -0.25) is 9.59 Å². The fraction of sp³-hybridized carbons (Fsp3) is 0.812. The monoisotopic (exact) mass is 365 g/mol. The molecule has 1 atom stereocenters. The van der Waals surface area contributed by atoms with E-state index in [4.69, 9.17) is 10.8 Å². The van der Waals surface area contributed by atoms with Crippen LogP contribution in [0.4, 0.5) is 0 Å². The molecule has 24 heavy (non-hydrogen) atoms. The molecule has 0 aliphatic heterocycles. The molecule has 0 unspecified atom stereocenters. The molecule has 8 heteroatoms. The molecular formula is C16H35N3O4S. The van der Waals surface area contributed by atoms with Crippen molar-refractivity contribution in [3.8, 4) is 0 Å². The first kappa shape index (κ1) is 27.6. The topological polar surface area (TPSA) is 122 Å². The molecule has 0 bridgehead atoms. The van der Waals surface area contributed by atoms with Crippen molar-refractivity contribution in [2.24, 2.45) is 11.7 Å². The zero-order valence-electron chi connectivity index (χ0n) is 15.8. The summed E-state index contributed by atoms with van der Waals surface area (Å²) in [6.45, 7) is 11.8. The minimum atomic E-state index is -1.19. The summed E-state index contributed by atoms with van der Waals surface area (Å²) in [5, 5.41) is 13.7. The Morgan fingerprint density at radius 2 is 1.62 bits per heavy atom. The lowest BCUT2D eigenvalue weighted by molar-refractivity contribution is -0.141. The molecule has 0 aromatic rings. The number of hydrogen-bond donors (Lipinski definition) is 4. The molecule has 0 aromatic heterocycles. The molecular weight excluding hydrogens is 330 g/mol. The molecule has 0 radical (unpaired) electrons. The number of carbonyl (C=O) groups excluding carboxylic acids is 2. The third-order valence-corrected chi connectivity index (χ3v) is 3.64. The molecule has 2 amide bonds. The van der Waals surface area contributed by atoms with Crippen molar-refractivity contribution in [2.75, 3.05) is 24.6 Å². The molecule has 0 aliphatic carbocycles. The van der Waals surface area contributed by atoms with Crippen molar-refractivity contribution in [1.29, 1.82) is 0 Å². The van der Waals surface area contributed by atoms with Gasteiger partial charge in [-0.25, -0.2) is 4.79 Å². The summed E-state index contributed by atoms with van der Waals surface area (Å²) in [6.07, 6.45) is 0.256. The third-order valence-electron chi connectivity index (χ3n) is 2.25. The first-order valence-corrected chi connectivity index (χ1v) is 9.59. The van der Waals surface area contributed by atoms with Crippen LogP contribution >= 0.6 is 11.8 Å². The zero-order chi connectivity index (χ0) is 19.5. The van der Waals surface area contributed by atoms with Gasteiger partial charge in [0.15, 0.2) is 0 Å². The lowest BCUT2D eigenvalue weighted by Gasteiger charge is -2.15. The summed E-state index contributed by atoms with van der Waals surface area (Å²) < 4.78 is 0. The van der Waals surface area contributed by atoms with E-state index in [0.29, 0.717) is 11.7 Å². The first-order valence-electron chi connectivity index (χ1n) is 8.43. The van der Waals surface area contributed by atoms with Crippen LogP contribution in [0.3, 0.4) is 0 Å². The maximum Gasteiger partial charge on any atom is 0.328 e. The highest BCUT2D eigenvalue weighted by Gasteiger charge is 2.20. The van der Waals surface area contributed by atoms with Crippen molar-refractivity contribution in [1.82, 2.24) is 10.6 Å². The second-order valence-electron chi connectivity index (χ2n) is 4.69. The van der Waals surface area contributed by atoms with Crippen LogP contribution in [-0.4, -0.2) is 53.5 Å². The lowest BCUT2D eigenvalue weighted by atomic mass is 10.2. The largest absolute Gasteiger partial charge is 0.480 e. The van der Waals surface area contributed by atoms with Gasteiger partial charge >= 0.3 is 5.97 Å². The first-order chi connectivity index (χ1) is 11.4. The van der Waals surface area contributed by atoms with Crippen LogP contribution in [-0.2, 0) is 14.4 Å². The smallest absolute Gasteiger partial charge is 0.328 e. The van der Waals surface area contributed by atoms with Crippen LogP contribution in [0.25, 0.3) is 0 Å². The maximum atomic E-state index is 11.6. The second kappa shape index (κ2) is 19.8. The van der Waals surface area contributed by atoms with E-state index < -0.39 is 17.9 Å². The third kappa shape index (κ3) is 18.8. The standard InChI is InChI=1S/C12H23N3O4S.2C2H6/c1-8(2)7-20-4-3-10(16)15-9(12(18)19)6-14-11(17)5-13;2*1-2/h8-9H,3-7,13H2,1-2H3,(H,14,17)(H,15,16)(H,18,19);2*1-2H3/t9-;;/m1../s1. The number of carbonyl (C=O) groups is 3. The molecule has 0 saturated heterocycles. The Morgan fingerprint density at radius 3 is 2.04 bits per heavy atom. The van der Waals surface area contributed by atoms with Crippen LogP contribution < -0.4 is 16.4 Å². The van der Waals surface area contributed by atoms with Crippen LogP contribution in [0.15, 0.2) is 0 Å². The van der Waals surface area contributed by atoms with Crippen LogP contribution in [0, 0.1) is 5.92 Å². The highest BCUT2D eigenvalue weighted by molar-refractivity contribution is 7.99. The number of nitrogens with one attached hydrogen (secondary N) is 2. The molecule has 0 saturated carbocycles. The number of rotatable bonds is 10. The number of nitrogens with two attached hydrogens (primary N) is 1. The summed E-state index contributed by atoms with van der Waals surface area (Å²) in [7, 11) is 0. The Kier molecular flexibility index (Phi) is 22.7. The fourth-order valence-electron chi connectivity index (χ4n) is 1.24. The van der Waals surface area contributed by atoms with Gasteiger partial charge in [-0.15, -0.1) is 0 Å². The second-order valence-corrected chi connectivity index (χ2v) is 5.84. The molecule has 144 valence electrons. The van der Waals surface area contributed by atoms with Gasteiger partial charge in [0.25, 0.3) is 0 Å². The summed E-state index contributed by atoms with van der Waals surface area (Å²) >= 11 is 1.65. The molecule has 0 heterocycles. The normalized spacial score (nSPS) is 10.5. The van der Waals surface area contributed by atoms with Crippen molar-refractivity contribution in [3.63, 3.8) is 0 Å². The number of thioether (sulfide) groups is 1. The predicted molar refractivity (Wildman–Crippen MR) is 101 cm³/mol. The van der Waals surface area contributed by atoms with E-state index in [1.165, 1.54) is 0 Å². The Balaban J connectivity index is -0.00000102. The van der Waals surface area contributed by atoms with Crippen molar-refractivity contribution in [3.05, 3.63) is 0 Å². The van der Waals surface area contributed by atoms with Crippen molar-refractivity contribution >= 4 is 29.5 Å². The van der Waals surface area contributed by atoms with Gasteiger partial charge < -0.3 is 21.5 Å². The summed E-state index contributed by atoms with van der Waals surface area (Å²) in [6, 6.07) is -1.13. The SMILES string of the molecule is CC.CC.CC(C)CSCCC(=O)N[C@H](CNC(=O)CN)C(=O)O. The van der Waals surface area contributed by atoms with Gasteiger partial charge in [-0.2, -0.15) is 11.8 Å². The zero-order valence-corrected chi connectivity index (χ0v) is 16.7. The minimum absolute atomic E-state index is 0.170. The Labute approximate surface area is 150 Å². The molecule has 7 nitrogen and oxygen atoms in total. The fourth-order valence-corrected chi connectivity index (χ4v) is 2.21. The van der Waals surface area contributed by atoms with Gasteiger partial charge in [0, 0.05) is 18.7 Å². The molecule has 0 fully saturated rings. The van der Waals surface area contributed by atoms with Gasteiger partial charge in [-0.05, 0) is 11.7 Å². The quantitative estimate of drug-likeness (QED) is 0.435. The van der Waals surface area contributed by atoms with Crippen LogP contribution in [0.1, 0.15) is 48.0 Å². The Hall–Kier alpha value is -1.28. The lowest BCUT2D eigenvalue weighted by Crippen LogP contribution is -2.49. The minimum Gasteiger partial charge on any atom is -0.480 e. The van der Waals surface area contributed by atoms with E-state index in [1.807, 2.05) is 27.7 Å². The highest BCUT2D eigenvalue weighted by atomic mass is 32.2.